The van der Waals surface area contributed by atoms with Gasteiger partial charge in [0.2, 0.25) is 0 Å². The minimum absolute atomic E-state index is 0.180. The van der Waals surface area contributed by atoms with Crippen molar-refractivity contribution < 1.29 is 8.42 Å². The molecule has 1 N–H and O–H groups in total. The van der Waals surface area contributed by atoms with Crippen LogP contribution in [0.2, 0.25) is 5.02 Å². The van der Waals surface area contributed by atoms with Crippen molar-refractivity contribution in [1.82, 2.24) is 15.0 Å². The largest absolute Gasteiger partial charge is 0.325 e. The lowest BCUT2D eigenvalue weighted by Crippen LogP contribution is -2.16. The summed E-state index contributed by atoms with van der Waals surface area (Å²) in [5.41, 5.74) is 2.79. The molecule has 0 atom stereocenters. The molecule has 9 heteroatoms. The van der Waals surface area contributed by atoms with Crippen LogP contribution >= 0.6 is 11.6 Å². The molecule has 132 valence electrons. The van der Waals surface area contributed by atoms with Crippen molar-refractivity contribution in [3.05, 3.63) is 59.4 Å². The number of benzene rings is 1. The smallest absolute Gasteiger partial charge is 0.255 e. The van der Waals surface area contributed by atoms with Crippen molar-refractivity contribution in [3.63, 3.8) is 0 Å². The van der Waals surface area contributed by atoms with Gasteiger partial charge in [-0.3, -0.25) is 4.72 Å². The van der Waals surface area contributed by atoms with E-state index in [2.05, 4.69) is 31.2 Å². The van der Waals surface area contributed by atoms with Crippen molar-refractivity contribution in [1.29, 1.82) is 0 Å². The topological polar surface area (TPSA) is 88.1 Å². The molecule has 0 spiro atoms. The van der Waals surface area contributed by atoms with E-state index in [0.29, 0.717) is 21.7 Å². The lowest BCUT2D eigenvalue weighted by molar-refractivity contribution is 0.609. The zero-order chi connectivity index (χ0) is 18.3. The first-order valence-electron chi connectivity index (χ1n) is 7.79. The minimum Gasteiger partial charge on any atom is -0.325 e. The highest BCUT2D eigenvalue weighted by atomic mass is 35.5. The summed E-state index contributed by atoms with van der Waals surface area (Å²) in [5, 5.41) is 2.17. The average Bonchev–Trinajstić information content (AvgIpc) is 3.03. The Morgan fingerprint density at radius 3 is 2.88 bits per heavy atom. The Hall–Kier alpha value is -2.71. The number of pyridine rings is 1. The molecule has 0 fully saturated rings. The molecule has 0 amide bonds. The van der Waals surface area contributed by atoms with Gasteiger partial charge in [-0.05, 0) is 30.2 Å². The predicted octanol–water partition coefficient (Wildman–Crippen LogP) is 3.26. The molecule has 26 heavy (non-hydrogen) atoms. The van der Waals surface area contributed by atoms with E-state index in [1.54, 1.807) is 6.07 Å². The van der Waals surface area contributed by atoms with Crippen LogP contribution in [0.5, 0.6) is 0 Å². The molecule has 0 radical (unpaired) electrons. The number of nitrogens with one attached hydrogen (secondary N) is 1. The van der Waals surface area contributed by atoms with Gasteiger partial charge in [0.25, 0.3) is 10.0 Å². The van der Waals surface area contributed by atoms with E-state index in [0.717, 1.165) is 24.1 Å². The maximum Gasteiger partial charge on any atom is 0.255 e. The van der Waals surface area contributed by atoms with E-state index in [1.807, 2.05) is 18.2 Å². The highest BCUT2D eigenvalue weighted by molar-refractivity contribution is 7.95. The van der Waals surface area contributed by atoms with Gasteiger partial charge < -0.3 is 4.90 Å². The Labute approximate surface area is 155 Å². The summed E-state index contributed by atoms with van der Waals surface area (Å²) in [4.78, 5) is 14.8. The maximum atomic E-state index is 11.7. The Bertz CT molecular complexity index is 1130. The van der Waals surface area contributed by atoms with Gasteiger partial charge in [-0.2, -0.15) is 0 Å². The lowest BCUT2D eigenvalue weighted by atomic mass is 10.2. The van der Waals surface area contributed by atoms with Crippen LogP contribution in [-0.2, 0) is 16.4 Å². The van der Waals surface area contributed by atoms with Crippen LogP contribution in [0.15, 0.2) is 48.8 Å². The molecule has 0 saturated heterocycles. The molecular formula is C17H14ClN5O2S. The highest BCUT2D eigenvalue weighted by Gasteiger charge is 2.23. The van der Waals surface area contributed by atoms with Gasteiger partial charge in [0.1, 0.15) is 18.0 Å². The summed E-state index contributed by atoms with van der Waals surface area (Å²) in [6.45, 7) is 4.03. The molecule has 0 bridgehead atoms. The van der Waals surface area contributed by atoms with Gasteiger partial charge in [0.05, 0.1) is 11.7 Å². The van der Waals surface area contributed by atoms with Crippen molar-refractivity contribution in [2.75, 3.05) is 16.2 Å². The average molecular weight is 388 g/mol. The molecule has 7 nitrogen and oxygen atoms in total. The third-order valence-electron chi connectivity index (χ3n) is 4.17. The van der Waals surface area contributed by atoms with Gasteiger partial charge in [0.15, 0.2) is 0 Å². The number of nitrogens with zero attached hydrogens (tertiary/aromatic N) is 4. The first kappa shape index (κ1) is 16.7. The highest BCUT2D eigenvalue weighted by Crippen LogP contribution is 2.38. The number of halogens is 1. The number of anilines is 3. The van der Waals surface area contributed by atoms with Gasteiger partial charge in [-0.15, -0.1) is 0 Å². The number of fused-ring (bicyclic) bond motifs is 2. The van der Waals surface area contributed by atoms with E-state index in [9.17, 15) is 8.42 Å². The van der Waals surface area contributed by atoms with Crippen LogP contribution in [0.1, 0.15) is 5.56 Å². The molecule has 1 aliphatic rings. The summed E-state index contributed by atoms with van der Waals surface area (Å²) in [6.07, 6.45) is 3.85. The Morgan fingerprint density at radius 2 is 2.08 bits per heavy atom. The molecule has 3 aromatic rings. The molecule has 4 rings (SSSR count). The standard InChI is InChI=1S/C17H14ClN5O2S/c1-2-26(24,25)22-16-8-13-14(9-19-16)20-10-21-17(13)23-6-5-11-3-4-12(18)7-15(11)23/h2-4,7-10H,1,5-6H2,(H,19,22). The second-order valence-electron chi connectivity index (χ2n) is 5.77. The Kier molecular flexibility index (Phi) is 4.01. The zero-order valence-corrected chi connectivity index (χ0v) is 15.1. The van der Waals surface area contributed by atoms with E-state index in [-0.39, 0.29) is 5.82 Å². The number of sulfonamides is 1. The third kappa shape index (κ3) is 2.97. The SMILES string of the molecule is C=CS(=O)(=O)Nc1cc2c(N3CCc4ccc(Cl)cc43)ncnc2cn1. The molecule has 0 saturated carbocycles. The molecule has 0 unspecified atom stereocenters. The van der Waals surface area contributed by atoms with Crippen molar-refractivity contribution in [2.24, 2.45) is 0 Å². The van der Waals surface area contributed by atoms with Gasteiger partial charge in [0, 0.05) is 28.0 Å². The van der Waals surface area contributed by atoms with Crippen molar-refractivity contribution in [2.45, 2.75) is 6.42 Å². The van der Waals surface area contributed by atoms with E-state index in [1.165, 1.54) is 18.1 Å². The minimum atomic E-state index is -3.65. The number of aromatic nitrogens is 3. The summed E-state index contributed by atoms with van der Waals surface area (Å²) in [5.74, 6) is 0.858. The molecule has 2 aromatic heterocycles. The quantitative estimate of drug-likeness (QED) is 0.739. The summed E-state index contributed by atoms with van der Waals surface area (Å²) in [7, 11) is -3.65. The number of hydrogen-bond donors (Lipinski definition) is 1. The molecule has 1 aliphatic heterocycles. The summed E-state index contributed by atoms with van der Waals surface area (Å²) < 4.78 is 25.8. The monoisotopic (exact) mass is 387 g/mol. The maximum absolute atomic E-state index is 11.7. The molecule has 3 heterocycles. The van der Waals surface area contributed by atoms with Crippen LogP contribution in [0.3, 0.4) is 0 Å². The molecular weight excluding hydrogens is 374 g/mol. The fraction of sp³-hybridized carbons (Fsp3) is 0.118. The first-order valence-corrected chi connectivity index (χ1v) is 9.71. The van der Waals surface area contributed by atoms with Crippen LogP contribution in [-0.4, -0.2) is 29.9 Å². The zero-order valence-electron chi connectivity index (χ0n) is 13.6. The Morgan fingerprint density at radius 1 is 1.23 bits per heavy atom. The second-order valence-corrected chi connectivity index (χ2v) is 7.84. The predicted molar refractivity (Wildman–Crippen MR) is 102 cm³/mol. The summed E-state index contributed by atoms with van der Waals surface area (Å²) in [6, 6.07) is 7.40. The van der Waals surface area contributed by atoms with Gasteiger partial charge in [-0.25, -0.2) is 23.4 Å². The van der Waals surface area contributed by atoms with Gasteiger partial charge >= 0.3 is 0 Å². The summed E-state index contributed by atoms with van der Waals surface area (Å²) >= 11 is 6.15. The van der Waals surface area contributed by atoms with Crippen LogP contribution in [0, 0.1) is 0 Å². The van der Waals surface area contributed by atoms with E-state index >= 15 is 0 Å². The number of rotatable bonds is 4. The van der Waals surface area contributed by atoms with Crippen molar-refractivity contribution in [3.8, 4) is 0 Å². The number of hydrogen-bond acceptors (Lipinski definition) is 6. The van der Waals surface area contributed by atoms with Gasteiger partial charge in [-0.1, -0.05) is 24.2 Å². The fourth-order valence-corrected chi connectivity index (χ4v) is 3.63. The third-order valence-corrected chi connectivity index (χ3v) is 5.33. The van der Waals surface area contributed by atoms with Crippen LogP contribution < -0.4 is 9.62 Å². The van der Waals surface area contributed by atoms with Crippen LogP contribution in [0.25, 0.3) is 10.9 Å². The second kappa shape index (κ2) is 6.22. The first-order chi connectivity index (χ1) is 12.5. The molecule has 1 aromatic carbocycles. The normalized spacial score (nSPS) is 13.7. The van der Waals surface area contributed by atoms with Crippen molar-refractivity contribution >= 4 is 49.9 Å². The van der Waals surface area contributed by atoms with E-state index in [4.69, 9.17) is 11.6 Å². The van der Waals surface area contributed by atoms with E-state index < -0.39 is 10.0 Å². The Balaban J connectivity index is 1.84. The molecule has 0 aliphatic carbocycles. The lowest BCUT2D eigenvalue weighted by Gasteiger charge is -2.20. The van der Waals surface area contributed by atoms with Crippen LogP contribution in [0.4, 0.5) is 17.3 Å². The fourth-order valence-electron chi connectivity index (χ4n) is 2.98.